The fourth-order valence-electron chi connectivity index (χ4n) is 1.58. The highest BCUT2D eigenvalue weighted by molar-refractivity contribution is 7.85. The van der Waals surface area contributed by atoms with Gasteiger partial charge in [-0.05, 0) is 24.3 Å². The molecular weight excluding hydrogens is 276 g/mol. The second-order valence-corrected chi connectivity index (χ2v) is 5.15. The van der Waals surface area contributed by atoms with E-state index in [2.05, 4.69) is 0 Å². The number of hydrogen-bond acceptors (Lipinski definition) is 5. The molecule has 0 spiro atoms. The van der Waals surface area contributed by atoms with E-state index in [1.54, 1.807) is 0 Å². The maximum absolute atomic E-state index is 11.6. The van der Waals surface area contributed by atoms with Crippen LogP contribution < -0.4 is 10.2 Å². The Kier molecular flexibility index (Phi) is 3.08. The van der Waals surface area contributed by atoms with Crippen LogP contribution in [-0.4, -0.2) is 30.8 Å². The summed E-state index contributed by atoms with van der Waals surface area (Å²) in [6.07, 6.45) is -0.466. The number of amides is 4. The predicted octanol–water partition coefficient (Wildman–Crippen LogP) is -0.0938. The lowest BCUT2D eigenvalue weighted by Crippen LogP contribution is -2.52. The van der Waals surface area contributed by atoms with Crippen LogP contribution in [0, 0.1) is 0 Å². The first-order valence-electron chi connectivity index (χ1n) is 5.03. The fraction of sp³-hybridized carbons (Fsp3) is 0.100. The Hall–Kier alpha value is -2.26. The summed E-state index contributed by atoms with van der Waals surface area (Å²) in [4.78, 5) is 34.4. The van der Waals surface area contributed by atoms with Crippen LogP contribution in [0.5, 0.6) is 0 Å². The lowest BCUT2D eigenvalue weighted by Gasteiger charge is -2.24. The first kappa shape index (κ1) is 13.2. The molecule has 2 rings (SSSR count). The summed E-state index contributed by atoms with van der Waals surface area (Å²) in [7, 11) is -4.34. The van der Waals surface area contributed by atoms with Gasteiger partial charge in [0.1, 0.15) is 6.42 Å². The predicted molar refractivity (Wildman–Crippen MR) is 61.9 cm³/mol. The van der Waals surface area contributed by atoms with Gasteiger partial charge in [-0.15, -0.1) is 0 Å². The Labute approximate surface area is 107 Å². The number of benzene rings is 1. The molecule has 1 saturated heterocycles. The molecule has 1 fully saturated rings. The molecule has 1 aliphatic heterocycles. The highest BCUT2D eigenvalue weighted by Gasteiger charge is 2.32. The van der Waals surface area contributed by atoms with Crippen molar-refractivity contribution in [2.24, 2.45) is 0 Å². The van der Waals surface area contributed by atoms with E-state index in [4.69, 9.17) is 4.55 Å². The molecule has 0 radical (unpaired) electrons. The monoisotopic (exact) mass is 284 g/mol. The second kappa shape index (κ2) is 4.44. The zero-order valence-corrected chi connectivity index (χ0v) is 10.2. The Morgan fingerprint density at radius 2 is 1.68 bits per heavy atom. The third-order valence-electron chi connectivity index (χ3n) is 2.40. The molecular formula is C10H8N2O6S. The third kappa shape index (κ3) is 2.61. The van der Waals surface area contributed by atoms with Crippen LogP contribution >= 0.6 is 0 Å². The van der Waals surface area contributed by atoms with Gasteiger partial charge in [0.15, 0.2) is 0 Å². The van der Waals surface area contributed by atoms with Crippen molar-refractivity contribution in [1.82, 2.24) is 5.32 Å². The molecule has 1 aromatic carbocycles. The fourth-order valence-corrected chi connectivity index (χ4v) is 2.06. The lowest BCUT2D eigenvalue weighted by atomic mass is 10.2. The molecule has 19 heavy (non-hydrogen) atoms. The number of nitrogens with zero attached hydrogens (tertiary/aromatic N) is 1. The van der Waals surface area contributed by atoms with E-state index in [-0.39, 0.29) is 10.6 Å². The van der Waals surface area contributed by atoms with Crippen molar-refractivity contribution in [2.75, 3.05) is 4.90 Å². The van der Waals surface area contributed by atoms with E-state index in [0.29, 0.717) is 0 Å². The van der Waals surface area contributed by atoms with Gasteiger partial charge in [0.25, 0.3) is 10.1 Å². The van der Waals surface area contributed by atoms with Crippen LogP contribution in [0.1, 0.15) is 6.42 Å². The first-order valence-corrected chi connectivity index (χ1v) is 6.47. The molecule has 0 unspecified atom stereocenters. The Morgan fingerprint density at radius 1 is 1.11 bits per heavy atom. The molecule has 4 amide bonds. The van der Waals surface area contributed by atoms with Crippen molar-refractivity contribution < 1.29 is 27.4 Å². The Balaban J connectivity index is 2.35. The van der Waals surface area contributed by atoms with E-state index in [1.165, 1.54) is 12.1 Å². The van der Waals surface area contributed by atoms with Crippen LogP contribution in [0.15, 0.2) is 29.2 Å². The summed E-state index contributed by atoms with van der Waals surface area (Å²) in [5, 5.41) is 1.96. The van der Waals surface area contributed by atoms with Crippen molar-refractivity contribution >= 4 is 33.7 Å². The van der Waals surface area contributed by atoms with Crippen molar-refractivity contribution in [1.29, 1.82) is 0 Å². The minimum Gasteiger partial charge on any atom is -0.282 e. The zero-order chi connectivity index (χ0) is 14.2. The second-order valence-electron chi connectivity index (χ2n) is 3.73. The molecule has 0 saturated carbocycles. The number of imide groups is 2. The van der Waals surface area contributed by atoms with Gasteiger partial charge in [0, 0.05) is 0 Å². The average molecular weight is 284 g/mol. The Morgan fingerprint density at radius 3 is 2.16 bits per heavy atom. The number of barbiturate groups is 1. The number of urea groups is 1. The van der Waals surface area contributed by atoms with Gasteiger partial charge < -0.3 is 0 Å². The van der Waals surface area contributed by atoms with Crippen LogP contribution in [-0.2, 0) is 19.7 Å². The standard InChI is InChI=1S/C10H8N2O6S/c13-8-5-9(14)12(10(15)11-8)6-1-3-7(4-2-6)19(16,17)18/h1-4H,5H2,(H,11,13,15)(H,16,17,18). The van der Waals surface area contributed by atoms with Gasteiger partial charge in [0.2, 0.25) is 11.8 Å². The molecule has 1 aliphatic rings. The van der Waals surface area contributed by atoms with Crippen LogP contribution in [0.4, 0.5) is 10.5 Å². The zero-order valence-electron chi connectivity index (χ0n) is 9.36. The number of carbonyl (C=O) groups excluding carboxylic acids is 3. The molecule has 0 aliphatic carbocycles. The van der Waals surface area contributed by atoms with Crippen molar-refractivity contribution in [3.05, 3.63) is 24.3 Å². The maximum atomic E-state index is 11.6. The van der Waals surface area contributed by atoms with Crippen molar-refractivity contribution in [3.8, 4) is 0 Å². The number of hydrogen-bond donors (Lipinski definition) is 2. The number of nitrogens with one attached hydrogen (secondary N) is 1. The van der Waals surface area contributed by atoms with Gasteiger partial charge in [-0.2, -0.15) is 8.42 Å². The summed E-state index contributed by atoms with van der Waals surface area (Å²) in [6.45, 7) is 0. The molecule has 0 aromatic heterocycles. The van der Waals surface area contributed by atoms with E-state index < -0.39 is 34.4 Å². The SMILES string of the molecule is O=C1CC(=O)N(c2ccc(S(=O)(=O)O)cc2)C(=O)N1. The van der Waals surface area contributed by atoms with Crippen LogP contribution in [0.3, 0.4) is 0 Å². The smallest absolute Gasteiger partial charge is 0.282 e. The summed E-state index contributed by atoms with van der Waals surface area (Å²) in [5.41, 5.74) is 0.0994. The molecule has 0 bridgehead atoms. The molecule has 9 heteroatoms. The number of carbonyl (C=O) groups is 3. The third-order valence-corrected chi connectivity index (χ3v) is 3.27. The van der Waals surface area contributed by atoms with E-state index in [1.807, 2.05) is 5.32 Å². The van der Waals surface area contributed by atoms with Gasteiger partial charge >= 0.3 is 6.03 Å². The van der Waals surface area contributed by atoms with E-state index in [0.717, 1.165) is 17.0 Å². The van der Waals surface area contributed by atoms with Gasteiger partial charge in [-0.1, -0.05) is 0 Å². The summed E-state index contributed by atoms with van der Waals surface area (Å²) >= 11 is 0. The van der Waals surface area contributed by atoms with E-state index in [9.17, 15) is 22.8 Å². The molecule has 8 nitrogen and oxygen atoms in total. The van der Waals surface area contributed by atoms with E-state index >= 15 is 0 Å². The summed E-state index contributed by atoms with van der Waals surface area (Å²) in [6, 6.07) is 3.54. The van der Waals surface area contributed by atoms with Crippen molar-refractivity contribution in [3.63, 3.8) is 0 Å². The summed E-state index contributed by atoms with van der Waals surface area (Å²) < 4.78 is 30.5. The minimum absolute atomic E-state index is 0.0994. The highest BCUT2D eigenvalue weighted by Crippen LogP contribution is 2.20. The quantitative estimate of drug-likeness (QED) is 0.578. The number of rotatable bonds is 2. The average Bonchev–Trinajstić information content (AvgIpc) is 2.27. The summed E-state index contributed by atoms with van der Waals surface area (Å²) in [5.74, 6) is -1.41. The van der Waals surface area contributed by atoms with Crippen molar-refractivity contribution in [2.45, 2.75) is 11.3 Å². The largest absolute Gasteiger partial charge is 0.335 e. The van der Waals surface area contributed by atoms with Gasteiger partial charge in [-0.25, -0.2) is 9.69 Å². The number of anilines is 1. The molecule has 1 heterocycles. The lowest BCUT2D eigenvalue weighted by molar-refractivity contribution is -0.128. The molecule has 100 valence electrons. The molecule has 0 atom stereocenters. The van der Waals surface area contributed by atoms with Crippen LogP contribution in [0.2, 0.25) is 0 Å². The minimum atomic E-state index is -4.34. The highest BCUT2D eigenvalue weighted by atomic mass is 32.2. The first-order chi connectivity index (χ1) is 8.79. The molecule has 1 aromatic rings. The normalized spacial score (nSPS) is 16.5. The van der Waals surface area contributed by atoms with Gasteiger partial charge in [0.05, 0.1) is 10.6 Å². The Bertz CT molecular complexity index is 644. The maximum Gasteiger partial charge on any atom is 0.335 e. The van der Waals surface area contributed by atoms with Crippen LogP contribution in [0.25, 0.3) is 0 Å². The molecule has 2 N–H and O–H groups in total. The van der Waals surface area contributed by atoms with Gasteiger partial charge in [-0.3, -0.25) is 19.5 Å². The topological polar surface area (TPSA) is 121 Å².